The fourth-order valence-corrected chi connectivity index (χ4v) is 2.52. The van der Waals surface area contributed by atoms with Crippen LogP contribution in [0.3, 0.4) is 0 Å². The van der Waals surface area contributed by atoms with Gasteiger partial charge in [0.2, 0.25) is 11.9 Å². The Morgan fingerprint density at radius 3 is 2.86 bits per heavy atom. The molecule has 1 aliphatic rings. The maximum atomic E-state index is 9.37. The number of hydrogen-bond acceptors (Lipinski definition) is 9. The minimum absolute atomic E-state index is 0.145. The van der Waals surface area contributed by atoms with Gasteiger partial charge in [-0.2, -0.15) is 24.7 Å². The predicted molar refractivity (Wildman–Crippen MR) is 74.4 cm³/mol. The zero-order valence-electron chi connectivity index (χ0n) is 11.3. The molecule has 21 heavy (non-hydrogen) atoms. The fraction of sp³-hybridized carbons (Fsp3) is 0.545. The molecule has 10 nitrogen and oxygen atoms in total. The number of aliphatic hydroxyl groups is 1. The van der Waals surface area contributed by atoms with E-state index in [4.69, 9.17) is 5.84 Å². The van der Waals surface area contributed by atoms with Gasteiger partial charge in [-0.3, -0.25) is 5.43 Å². The Hall–Kier alpha value is -2.33. The number of aromatic nitrogens is 6. The second-order valence-electron chi connectivity index (χ2n) is 4.89. The van der Waals surface area contributed by atoms with Gasteiger partial charge in [-0.05, 0) is 12.8 Å². The Labute approximate surface area is 120 Å². The lowest BCUT2D eigenvalue weighted by Gasteiger charge is -2.19. The molecule has 10 heteroatoms. The van der Waals surface area contributed by atoms with E-state index in [9.17, 15) is 5.11 Å². The first-order valence-electron chi connectivity index (χ1n) is 6.75. The van der Waals surface area contributed by atoms with Crippen LogP contribution in [0, 0.1) is 5.92 Å². The van der Waals surface area contributed by atoms with Crippen LogP contribution in [0.1, 0.15) is 19.3 Å². The van der Waals surface area contributed by atoms with E-state index in [1.807, 2.05) is 0 Å². The van der Waals surface area contributed by atoms with Crippen molar-refractivity contribution in [3.8, 4) is 5.95 Å². The Balaban J connectivity index is 1.86. The standard InChI is InChI=1S/C11H17N9O/c12-19-10-16-9(15-8-3-1-2-7(8)4-21)17-11(18-10)20-6-13-5-14-20/h5-8,21H,1-4,12H2,(H2,15,16,17,18,19). The van der Waals surface area contributed by atoms with Gasteiger partial charge < -0.3 is 10.4 Å². The normalized spacial score (nSPS) is 21.4. The topological polar surface area (TPSA) is 140 Å². The van der Waals surface area contributed by atoms with E-state index in [2.05, 4.69) is 35.8 Å². The van der Waals surface area contributed by atoms with E-state index in [0.29, 0.717) is 11.9 Å². The van der Waals surface area contributed by atoms with Gasteiger partial charge in [0.1, 0.15) is 12.7 Å². The Bertz CT molecular complexity index is 587. The van der Waals surface area contributed by atoms with Crippen molar-refractivity contribution in [2.75, 3.05) is 17.3 Å². The van der Waals surface area contributed by atoms with Crippen molar-refractivity contribution in [1.29, 1.82) is 0 Å². The molecule has 1 saturated carbocycles. The van der Waals surface area contributed by atoms with E-state index in [0.717, 1.165) is 19.3 Å². The highest BCUT2D eigenvalue weighted by atomic mass is 16.3. The summed E-state index contributed by atoms with van der Waals surface area (Å²) in [7, 11) is 0. The summed E-state index contributed by atoms with van der Waals surface area (Å²) in [6, 6.07) is 0.145. The third kappa shape index (κ3) is 2.90. The number of nitrogens with one attached hydrogen (secondary N) is 2. The lowest BCUT2D eigenvalue weighted by atomic mass is 10.1. The predicted octanol–water partition coefficient (Wildman–Crippen LogP) is -0.689. The van der Waals surface area contributed by atoms with Gasteiger partial charge >= 0.3 is 0 Å². The molecule has 2 heterocycles. The first-order chi connectivity index (χ1) is 10.3. The number of nitrogens with two attached hydrogens (primary N) is 1. The molecule has 0 aliphatic heterocycles. The smallest absolute Gasteiger partial charge is 0.258 e. The van der Waals surface area contributed by atoms with Gasteiger partial charge in [0.15, 0.2) is 0 Å². The van der Waals surface area contributed by atoms with Crippen molar-refractivity contribution in [3.05, 3.63) is 12.7 Å². The Morgan fingerprint density at radius 1 is 1.29 bits per heavy atom. The van der Waals surface area contributed by atoms with E-state index in [1.165, 1.54) is 17.3 Å². The Kier molecular flexibility index (Phi) is 3.88. The van der Waals surface area contributed by atoms with Gasteiger partial charge in [0, 0.05) is 18.6 Å². The van der Waals surface area contributed by atoms with E-state index in [1.54, 1.807) is 0 Å². The molecule has 2 unspecified atom stereocenters. The van der Waals surface area contributed by atoms with Crippen molar-refractivity contribution in [2.24, 2.45) is 11.8 Å². The SMILES string of the molecule is NNc1nc(NC2CCCC2CO)nc(-n2cncn2)n1. The van der Waals surface area contributed by atoms with Gasteiger partial charge in [-0.15, -0.1) is 0 Å². The molecule has 2 atom stereocenters. The second-order valence-corrected chi connectivity index (χ2v) is 4.89. The zero-order valence-corrected chi connectivity index (χ0v) is 11.3. The van der Waals surface area contributed by atoms with Crippen LogP contribution in [0.2, 0.25) is 0 Å². The summed E-state index contributed by atoms with van der Waals surface area (Å²) in [5.74, 6) is 6.55. The minimum atomic E-state index is 0.145. The van der Waals surface area contributed by atoms with Gasteiger partial charge in [0.05, 0.1) is 0 Å². The van der Waals surface area contributed by atoms with Gasteiger partial charge in [0.25, 0.3) is 5.95 Å². The molecule has 2 aromatic rings. The van der Waals surface area contributed by atoms with Crippen LogP contribution >= 0.6 is 0 Å². The van der Waals surface area contributed by atoms with E-state index in [-0.39, 0.29) is 24.5 Å². The number of nitrogens with zero attached hydrogens (tertiary/aromatic N) is 6. The van der Waals surface area contributed by atoms with Crippen LogP contribution < -0.4 is 16.6 Å². The number of anilines is 2. The van der Waals surface area contributed by atoms with E-state index >= 15 is 0 Å². The molecule has 0 saturated heterocycles. The maximum absolute atomic E-state index is 9.37. The molecular weight excluding hydrogens is 274 g/mol. The number of nitrogen functional groups attached to an aromatic ring is 1. The highest BCUT2D eigenvalue weighted by molar-refractivity contribution is 5.37. The monoisotopic (exact) mass is 291 g/mol. The maximum Gasteiger partial charge on any atom is 0.258 e. The number of hydrazine groups is 1. The van der Waals surface area contributed by atoms with Crippen molar-refractivity contribution >= 4 is 11.9 Å². The van der Waals surface area contributed by atoms with Crippen molar-refractivity contribution < 1.29 is 5.11 Å². The van der Waals surface area contributed by atoms with Crippen molar-refractivity contribution in [3.63, 3.8) is 0 Å². The molecule has 5 N–H and O–H groups in total. The zero-order chi connectivity index (χ0) is 14.7. The molecule has 0 aromatic carbocycles. The minimum Gasteiger partial charge on any atom is -0.396 e. The lowest BCUT2D eigenvalue weighted by Crippen LogP contribution is -2.28. The van der Waals surface area contributed by atoms with Crippen LogP contribution in [-0.2, 0) is 0 Å². The average Bonchev–Trinajstić information content (AvgIpc) is 3.18. The third-order valence-electron chi connectivity index (χ3n) is 3.58. The first kappa shape index (κ1) is 13.6. The highest BCUT2D eigenvalue weighted by Crippen LogP contribution is 2.27. The molecule has 1 aliphatic carbocycles. The molecule has 0 radical (unpaired) electrons. The summed E-state index contributed by atoms with van der Waals surface area (Å²) in [4.78, 5) is 16.5. The largest absolute Gasteiger partial charge is 0.396 e. The summed E-state index contributed by atoms with van der Waals surface area (Å²) in [5, 5.41) is 16.6. The second kappa shape index (κ2) is 5.97. The van der Waals surface area contributed by atoms with Gasteiger partial charge in [-0.25, -0.2) is 10.8 Å². The lowest BCUT2D eigenvalue weighted by molar-refractivity contribution is 0.222. The van der Waals surface area contributed by atoms with Crippen LogP contribution in [0.5, 0.6) is 0 Å². The summed E-state index contributed by atoms with van der Waals surface area (Å²) in [6.07, 6.45) is 5.93. The summed E-state index contributed by atoms with van der Waals surface area (Å²) in [5.41, 5.74) is 2.41. The molecule has 0 bridgehead atoms. The van der Waals surface area contributed by atoms with Crippen LogP contribution in [0.25, 0.3) is 5.95 Å². The molecule has 0 amide bonds. The van der Waals surface area contributed by atoms with Crippen LogP contribution in [0.15, 0.2) is 12.7 Å². The van der Waals surface area contributed by atoms with Crippen LogP contribution in [0.4, 0.5) is 11.9 Å². The summed E-state index contributed by atoms with van der Waals surface area (Å²) >= 11 is 0. The highest BCUT2D eigenvalue weighted by Gasteiger charge is 2.27. The summed E-state index contributed by atoms with van der Waals surface area (Å²) in [6.45, 7) is 0.153. The fourth-order valence-electron chi connectivity index (χ4n) is 2.52. The molecular formula is C11H17N9O. The molecule has 112 valence electrons. The van der Waals surface area contributed by atoms with Crippen molar-refractivity contribution in [1.82, 2.24) is 29.7 Å². The van der Waals surface area contributed by atoms with Gasteiger partial charge in [-0.1, -0.05) is 6.42 Å². The van der Waals surface area contributed by atoms with E-state index < -0.39 is 0 Å². The number of hydrogen-bond donors (Lipinski definition) is 4. The average molecular weight is 291 g/mol. The summed E-state index contributed by atoms with van der Waals surface area (Å²) < 4.78 is 1.42. The quantitative estimate of drug-likeness (QED) is 0.416. The Morgan fingerprint density at radius 2 is 2.14 bits per heavy atom. The molecule has 0 spiro atoms. The van der Waals surface area contributed by atoms with Crippen molar-refractivity contribution in [2.45, 2.75) is 25.3 Å². The van der Waals surface area contributed by atoms with Crippen LogP contribution in [-0.4, -0.2) is 47.5 Å². The first-order valence-corrected chi connectivity index (χ1v) is 6.75. The molecule has 1 fully saturated rings. The number of aliphatic hydroxyl groups excluding tert-OH is 1. The molecule has 2 aromatic heterocycles. The molecule has 3 rings (SSSR count). The third-order valence-corrected chi connectivity index (χ3v) is 3.58. The number of rotatable bonds is 5.